The van der Waals surface area contributed by atoms with E-state index in [0.717, 1.165) is 18.9 Å². The molecular weight excluding hydrogens is 274 g/mol. The first-order valence-corrected chi connectivity index (χ1v) is 6.67. The van der Waals surface area contributed by atoms with Crippen molar-refractivity contribution in [1.82, 2.24) is 4.90 Å². The normalized spacial score (nSPS) is 13.3. The van der Waals surface area contributed by atoms with Crippen molar-refractivity contribution in [2.75, 3.05) is 13.2 Å². The van der Waals surface area contributed by atoms with Crippen LogP contribution < -0.4 is 4.74 Å². The summed E-state index contributed by atoms with van der Waals surface area (Å²) in [6.45, 7) is 2.25. The molecule has 0 atom stereocenters. The van der Waals surface area contributed by atoms with Gasteiger partial charge in [-0.15, -0.1) is 0 Å². The number of amides is 1. The molecular formula is C14H15N3O4. The van der Waals surface area contributed by atoms with Gasteiger partial charge < -0.3 is 9.64 Å². The maximum atomic E-state index is 12.0. The minimum atomic E-state index is -0.626. The van der Waals surface area contributed by atoms with E-state index in [1.807, 2.05) is 13.0 Å². The molecule has 21 heavy (non-hydrogen) atoms. The van der Waals surface area contributed by atoms with Crippen LogP contribution in [0.15, 0.2) is 18.2 Å². The van der Waals surface area contributed by atoms with Crippen LogP contribution in [0.2, 0.25) is 0 Å². The Morgan fingerprint density at radius 3 is 2.81 bits per heavy atom. The summed E-state index contributed by atoms with van der Waals surface area (Å²) in [5.41, 5.74) is -0.134. The Kier molecular flexibility index (Phi) is 4.38. The lowest BCUT2D eigenvalue weighted by Crippen LogP contribution is -2.36. The van der Waals surface area contributed by atoms with Crippen molar-refractivity contribution in [3.63, 3.8) is 0 Å². The number of hydrogen-bond donors (Lipinski definition) is 0. The van der Waals surface area contributed by atoms with Crippen molar-refractivity contribution in [2.24, 2.45) is 0 Å². The molecule has 1 amide bonds. The van der Waals surface area contributed by atoms with E-state index in [0.29, 0.717) is 6.54 Å². The molecule has 1 fully saturated rings. The highest BCUT2D eigenvalue weighted by molar-refractivity contribution is 5.78. The van der Waals surface area contributed by atoms with Gasteiger partial charge in [0.25, 0.3) is 5.91 Å². The van der Waals surface area contributed by atoms with E-state index < -0.39 is 4.92 Å². The molecule has 0 aliphatic heterocycles. The van der Waals surface area contributed by atoms with Gasteiger partial charge in [-0.2, -0.15) is 5.26 Å². The van der Waals surface area contributed by atoms with E-state index in [9.17, 15) is 14.9 Å². The summed E-state index contributed by atoms with van der Waals surface area (Å²) in [5.74, 6) is -0.183. The predicted octanol–water partition coefficient (Wildman–Crippen LogP) is 1.86. The Balaban J connectivity index is 2.07. The van der Waals surface area contributed by atoms with E-state index in [4.69, 9.17) is 10.00 Å². The first kappa shape index (κ1) is 14.8. The van der Waals surface area contributed by atoms with E-state index in [-0.39, 0.29) is 35.6 Å². The third-order valence-corrected chi connectivity index (χ3v) is 3.28. The van der Waals surface area contributed by atoms with E-state index in [2.05, 4.69) is 0 Å². The van der Waals surface area contributed by atoms with E-state index in [1.165, 1.54) is 12.1 Å². The highest BCUT2D eigenvalue weighted by atomic mass is 16.6. The zero-order valence-corrected chi connectivity index (χ0v) is 11.6. The number of benzene rings is 1. The van der Waals surface area contributed by atoms with Crippen LogP contribution in [0.1, 0.15) is 25.3 Å². The number of ether oxygens (including phenoxy) is 1. The molecule has 0 saturated heterocycles. The Labute approximate surface area is 121 Å². The van der Waals surface area contributed by atoms with E-state index in [1.54, 1.807) is 4.90 Å². The Morgan fingerprint density at radius 1 is 1.57 bits per heavy atom. The standard InChI is InChI=1S/C14H15N3O4/c1-2-16(11-4-5-11)14(18)9-21-13-6-3-10(8-15)7-12(13)17(19)20/h3,6-7,11H,2,4-5,9H2,1H3. The monoisotopic (exact) mass is 289 g/mol. The molecule has 0 spiro atoms. The van der Waals surface area contributed by atoms with Crippen LogP contribution >= 0.6 is 0 Å². The maximum absolute atomic E-state index is 12.0. The summed E-state index contributed by atoms with van der Waals surface area (Å²) in [6, 6.07) is 6.01. The number of nitro benzene ring substituents is 1. The number of carbonyl (C=O) groups is 1. The Bertz CT molecular complexity index is 605. The highest BCUT2D eigenvalue weighted by Crippen LogP contribution is 2.29. The molecule has 0 heterocycles. The molecule has 110 valence electrons. The second kappa shape index (κ2) is 6.22. The van der Waals surface area contributed by atoms with E-state index >= 15 is 0 Å². The fourth-order valence-corrected chi connectivity index (χ4v) is 2.10. The molecule has 1 aliphatic rings. The zero-order chi connectivity index (χ0) is 15.4. The Morgan fingerprint density at radius 2 is 2.29 bits per heavy atom. The largest absolute Gasteiger partial charge is 0.477 e. The lowest BCUT2D eigenvalue weighted by Gasteiger charge is -2.20. The second-order valence-electron chi connectivity index (χ2n) is 4.75. The lowest BCUT2D eigenvalue weighted by atomic mass is 10.2. The van der Waals surface area contributed by atoms with Crippen LogP contribution in [0, 0.1) is 21.4 Å². The quantitative estimate of drug-likeness (QED) is 0.588. The van der Waals surface area contributed by atoms with Crippen LogP contribution in [0.3, 0.4) is 0 Å². The first-order valence-electron chi connectivity index (χ1n) is 6.67. The molecule has 1 aromatic carbocycles. The van der Waals surface area contributed by atoms with Crippen molar-refractivity contribution in [1.29, 1.82) is 5.26 Å². The van der Waals surface area contributed by atoms with Gasteiger partial charge in [-0.05, 0) is 31.9 Å². The van der Waals surface area contributed by atoms with Crippen molar-refractivity contribution >= 4 is 11.6 Å². The molecule has 0 unspecified atom stereocenters. The minimum absolute atomic E-state index is 0.000741. The Hall–Kier alpha value is -2.62. The summed E-state index contributed by atoms with van der Waals surface area (Å²) in [7, 11) is 0. The number of nitrogens with zero attached hydrogens (tertiary/aromatic N) is 3. The van der Waals surface area contributed by atoms with Crippen LogP contribution in [0.4, 0.5) is 5.69 Å². The summed E-state index contributed by atoms with van der Waals surface area (Å²) >= 11 is 0. The number of likely N-dealkylation sites (N-methyl/N-ethyl adjacent to an activating group) is 1. The van der Waals surface area contributed by atoms with Gasteiger partial charge in [0, 0.05) is 18.7 Å². The number of nitriles is 1. The van der Waals surface area contributed by atoms with Crippen molar-refractivity contribution < 1.29 is 14.5 Å². The third-order valence-electron chi connectivity index (χ3n) is 3.28. The first-order chi connectivity index (χ1) is 10.1. The van der Waals surface area contributed by atoms with Crippen LogP contribution in [0.25, 0.3) is 0 Å². The molecule has 0 radical (unpaired) electrons. The SMILES string of the molecule is CCN(C(=O)COc1ccc(C#N)cc1[N+](=O)[O-])C1CC1. The van der Waals surface area contributed by atoms with Crippen LogP contribution in [-0.4, -0.2) is 34.9 Å². The molecule has 7 nitrogen and oxygen atoms in total. The molecule has 1 saturated carbocycles. The fraction of sp³-hybridized carbons (Fsp3) is 0.429. The van der Waals surface area contributed by atoms with Gasteiger partial charge in [0.15, 0.2) is 12.4 Å². The fourth-order valence-electron chi connectivity index (χ4n) is 2.10. The molecule has 2 rings (SSSR count). The summed E-state index contributed by atoms with van der Waals surface area (Å²) in [4.78, 5) is 24.1. The van der Waals surface area contributed by atoms with Gasteiger partial charge in [-0.3, -0.25) is 14.9 Å². The molecule has 7 heteroatoms. The molecule has 0 aromatic heterocycles. The summed E-state index contributed by atoms with van der Waals surface area (Å²) in [6.07, 6.45) is 1.99. The molecule has 1 aromatic rings. The number of rotatable bonds is 6. The van der Waals surface area contributed by atoms with Crippen molar-refractivity contribution in [3.05, 3.63) is 33.9 Å². The third kappa shape index (κ3) is 3.48. The topological polar surface area (TPSA) is 96.5 Å². The maximum Gasteiger partial charge on any atom is 0.312 e. The number of nitro groups is 1. The van der Waals surface area contributed by atoms with Crippen LogP contribution in [0.5, 0.6) is 5.75 Å². The van der Waals surface area contributed by atoms with Gasteiger partial charge in [-0.1, -0.05) is 0 Å². The van der Waals surface area contributed by atoms with Gasteiger partial charge in [0.05, 0.1) is 16.6 Å². The molecule has 0 N–H and O–H groups in total. The summed E-state index contributed by atoms with van der Waals surface area (Å²) in [5, 5.41) is 19.7. The predicted molar refractivity (Wildman–Crippen MR) is 73.7 cm³/mol. The lowest BCUT2D eigenvalue weighted by molar-refractivity contribution is -0.385. The van der Waals surface area contributed by atoms with Gasteiger partial charge in [-0.25, -0.2) is 0 Å². The minimum Gasteiger partial charge on any atom is -0.477 e. The average Bonchev–Trinajstić information content (AvgIpc) is 3.30. The van der Waals surface area contributed by atoms with Crippen molar-refractivity contribution in [3.8, 4) is 11.8 Å². The number of hydrogen-bond acceptors (Lipinski definition) is 5. The zero-order valence-electron chi connectivity index (χ0n) is 11.6. The smallest absolute Gasteiger partial charge is 0.312 e. The highest BCUT2D eigenvalue weighted by Gasteiger charge is 2.31. The summed E-state index contributed by atoms with van der Waals surface area (Å²) < 4.78 is 5.28. The van der Waals surface area contributed by atoms with Gasteiger partial charge in [0.1, 0.15) is 0 Å². The van der Waals surface area contributed by atoms with Crippen LogP contribution in [-0.2, 0) is 4.79 Å². The molecule has 0 bridgehead atoms. The second-order valence-corrected chi connectivity index (χ2v) is 4.75. The van der Waals surface area contributed by atoms with Gasteiger partial charge >= 0.3 is 5.69 Å². The van der Waals surface area contributed by atoms with Crippen molar-refractivity contribution in [2.45, 2.75) is 25.8 Å². The van der Waals surface area contributed by atoms with Gasteiger partial charge in [0.2, 0.25) is 0 Å². The molecule has 1 aliphatic carbocycles. The number of carbonyl (C=O) groups excluding carboxylic acids is 1. The average molecular weight is 289 g/mol.